The van der Waals surface area contributed by atoms with E-state index in [0.29, 0.717) is 27.3 Å². The highest BCUT2D eigenvalue weighted by molar-refractivity contribution is 7.20. The normalized spacial score (nSPS) is 11.7. The van der Waals surface area contributed by atoms with E-state index < -0.39 is 5.97 Å². The first kappa shape index (κ1) is 22.9. The van der Waals surface area contributed by atoms with Gasteiger partial charge in [-0.1, -0.05) is 66.2 Å². The Morgan fingerprint density at radius 1 is 1.09 bits per heavy atom. The Morgan fingerprint density at radius 3 is 2.48 bits per heavy atom. The molecule has 4 aromatic rings. The summed E-state index contributed by atoms with van der Waals surface area (Å²) in [5, 5.41) is 0.649. The van der Waals surface area contributed by atoms with E-state index in [1.807, 2.05) is 54.6 Å². The van der Waals surface area contributed by atoms with E-state index in [2.05, 4.69) is 9.97 Å². The Morgan fingerprint density at radius 2 is 1.79 bits per heavy atom. The molecule has 0 saturated carbocycles. The van der Waals surface area contributed by atoms with Gasteiger partial charge in [0.15, 0.2) is 5.82 Å². The van der Waals surface area contributed by atoms with Gasteiger partial charge in [-0.15, -0.1) is 11.3 Å². The van der Waals surface area contributed by atoms with Gasteiger partial charge in [-0.2, -0.15) is 0 Å². The van der Waals surface area contributed by atoms with Crippen molar-refractivity contribution in [3.63, 3.8) is 0 Å². The number of hydrogen-bond acceptors (Lipinski definition) is 6. The topological polar surface area (TPSA) is 81.3 Å². The highest BCUT2D eigenvalue weighted by atomic mass is 35.5. The summed E-state index contributed by atoms with van der Waals surface area (Å²) in [5.74, 6) is -0.268. The molecule has 0 unspecified atom stereocenters. The molecule has 1 N–H and O–H groups in total. The molecule has 0 saturated heterocycles. The molecular weight excluding hydrogens is 460 g/mol. The van der Waals surface area contributed by atoms with Crippen molar-refractivity contribution < 1.29 is 14.3 Å². The van der Waals surface area contributed by atoms with E-state index in [9.17, 15) is 9.59 Å². The van der Waals surface area contributed by atoms with E-state index in [4.69, 9.17) is 21.1 Å². The van der Waals surface area contributed by atoms with Crippen LogP contribution < -0.4 is 5.56 Å². The minimum atomic E-state index is -0.506. The fourth-order valence-electron chi connectivity index (χ4n) is 3.35. The van der Waals surface area contributed by atoms with Gasteiger partial charge in [0, 0.05) is 7.11 Å². The third-order valence-electron chi connectivity index (χ3n) is 5.04. The third-order valence-corrected chi connectivity index (χ3v) is 6.50. The minimum Gasteiger partial charge on any atom is -0.459 e. The molecule has 0 aliphatic carbocycles. The van der Waals surface area contributed by atoms with Crippen molar-refractivity contribution in [3.8, 4) is 11.1 Å². The fraction of sp³-hybridized carbons (Fsp3) is 0.160. The molecule has 33 heavy (non-hydrogen) atoms. The van der Waals surface area contributed by atoms with Crippen molar-refractivity contribution in [2.75, 3.05) is 20.3 Å². The van der Waals surface area contributed by atoms with Crippen molar-refractivity contribution in [1.82, 2.24) is 9.97 Å². The first-order chi connectivity index (χ1) is 16.0. The molecule has 0 fully saturated rings. The molecule has 168 valence electrons. The maximum Gasteiger partial charge on any atom is 0.348 e. The van der Waals surface area contributed by atoms with Crippen molar-refractivity contribution in [1.29, 1.82) is 0 Å². The smallest absolute Gasteiger partial charge is 0.348 e. The lowest BCUT2D eigenvalue weighted by Crippen LogP contribution is -2.11. The van der Waals surface area contributed by atoms with E-state index in [1.165, 1.54) is 7.11 Å². The van der Waals surface area contributed by atoms with E-state index in [1.54, 1.807) is 13.0 Å². The number of aryl methyl sites for hydroxylation is 1. The highest BCUT2D eigenvalue weighted by Gasteiger charge is 2.21. The molecule has 0 spiro atoms. The number of hydrogen-bond donors (Lipinski definition) is 1. The van der Waals surface area contributed by atoms with Gasteiger partial charge in [0.2, 0.25) is 0 Å². The van der Waals surface area contributed by atoms with E-state index in [0.717, 1.165) is 28.0 Å². The minimum absolute atomic E-state index is 0.135. The molecule has 0 aliphatic rings. The van der Waals surface area contributed by atoms with Crippen LogP contribution in [0.1, 0.15) is 26.6 Å². The molecule has 6 nitrogen and oxygen atoms in total. The number of fused-ring (bicyclic) bond motifs is 1. The number of carbonyl (C=O) groups is 1. The summed E-state index contributed by atoms with van der Waals surface area (Å²) in [6.45, 7) is 2.13. The first-order valence-electron chi connectivity index (χ1n) is 10.2. The molecule has 0 atom stereocenters. The molecule has 0 radical (unpaired) electrons. The van der Waals surface area contributed by atoms with Gasteiger partial charge in [0.25, 0.3) is 5.56 Å². The Labute approximate surface area is 199 Å². The number of carbonyl (C=O) groups excluding carboxylic acids is 1. The summed E-state index contributed by atoms with van der Waals surface area (Å²) < 4.78 is 10.1. The standard InChI is InChI=1S/C25H21ClN2O4S/c1-15-20-23(29)27-22(28-24(20)33-21(15)25(30)32-13-12-31-2)19(26)14-16-8-10-18(11-9-16)17-6-4-3-5-7-17/h3-11,14H,12-13H2,1-2H3,(H,27,28,29)/b19-14-. The Balaban J connectivity index is 1.62. The van der Waals surface area contributed by atoms with Gasteiger partial charge < -0.3 is 14.5 Å². The number of thiophene rings is 1. The van der Waals surface area contributed by atoms with Gasteiger partial charge >= 0.3 is 5.97 Å². The molecule has 4 rings (SSSR count). The Kier molecular flexibility index (Phi) is 7.03. The van der Waals surface area contributed by atoms with Crippen LogP contribution in [0.3, 0.4) is 0 Å². The monoisotopic (exact) mass is 480 g/mol. The Hall–Kier alpha value is -3.26. The fourth-order valence-corrected chi connectivity index (χ4v) is 4.64. The molecule has 0 aliphatic heterocycles. The Bertz CT molecular complexity index is 1380. The number of H-pyrrole nitrogens is 1. The maximum atomic E-state index is 12.7. The summed E-state index contributed by atoms with van der Waals surface area (Å²) >= 11 is 7.60. The average Bonchev–Trinajstić information content (AvgIpc) is 3.17. The molecule has 0 bridgehead atoms. The van der Waals surface area contributed by atoms with Gasteiger partial charge in [-0.05, 0) is 35.3 Å². The van der Waals surface area contributed by atoms with Gasteiger partial charge in [-0.3, -0.25) is 4.79 Å². The van der Waals surface area contributed by atoms with Crippen LogP contribution in [0.25, 0.3) is 32.5 Å². The predicted octanol–water partition coefficient (Wildman–Crippen LogP) is 5.50. The number of rotatable bonds is 7. The number of aromatic nitrogens is 2. The first-order valence-corrected chi connectivity index (χ1v) is 11.4. The molecule has 2 heterocycles. The second kappa shape index (κ2) is 10.1. The van der Waals surface area contributed by atoms with Crippen LogP contribution in [-0.4, -0.2) is 36.3 Å². The van der Waals surface area contributed by atoms with Gasteiger partial charge in [0.05, 0.1) is 17.0 Å². The maximum absolute atomic E-state index is 12.7. The second-order valence-electron chi connectivity index (χ2n) is 7.26. The summed E-state index contributed by atoms with van der Waals surface area (Å²) in [6.07, 6.45) is 1.74. The van der Waals surface area contributed by atoms with Crippen LogP contribution in [0.4, 0.5) is 0 Å². The van der Waals surface area contributed by atoms with Crippen molar-refractivity contribution in [2.45, 2.75) is 6.92 Å². The number of halogens is 1. The molecule has 0 amide bonds. The lowest BCUT2D eigenvalue weighted by atomic mass is 10.0. The summed E-state index contributed by atoms with van der Waals surface area (Å²) in [5.41, 5.74) is 3.27. The third kappa shape index (κ3) is 5.06. The van der Waals surface area contributed by atoms with Crippen LogP contribution in [0.2, 0.25) is 0 Å². The zero-order valence-corrected chi connectivity index (χ0v) is 19.6. The largest absolute Gasteiger partial charge is 0.459 e. The number of methoxy groups -OCH3 is 1. The van der Waals surface area contributed by atoms with Crippen LogP contribution in [0, 0.1) is 6.92 Å². The summed E-state index contributed by atoms with van der Waals surface area (Å²) in [6, 6.07) is 18.0. The number of ether oxygens (including phenoxy) is 2. The molecular formula is C25H21ClN2O4S. The van der Waals surface area contributed by atoms with Crippen molar-refractivity contribution in [3.05, 3.63) is 86.8 Å². The van der Waals surface area contributed by atoms with E-state index in [-0.39, 0.29) is 23.0 Å². The van der Waals surface area contributed by atoms with Crippen molar-refractivity contribution >= 4 is 50.2 Å². The summed E-state index contributed by atoms with van der Waals surface area (Å²) in [4.78, 5) is 33.1. The quantitative estimate of drug-likeness (QED) is 0.279. The molecule has 8 heteroatoms. The molecule has 2 aromatic heterocycles. The number of aromatic amines is 1. The zero-order valence-electron chi connectivity index (χ0n) is 18.1. The van der Waals surface area contributed by atoms with Gasteiger partial charge in [-0.25, -0.2) is 9.78 Å². The number of benzene rings is 2. The zero-order chi connectivity index (χ0) is 23.4. The SMILES string of the molecule is COCCOC(=O)c1sc2nc(/C(Cl)=C/c3ccc(-c4ccccc4)cc3)[nH]c(=O)c2c1C. The van der Waals surface area contributed by atoms with Gasteiger partial charge in [0.1, 0.15) is 16.3 Å². The number of nitrogens with zero attached hydrogens (tertiary/aromatic N) is 1. The van der Waals surface area contributed by atoms with E-state index >= 15 is 0 Å². The lowest BCUT2D eigenvalue weighted by Gasteiger charge is -2.03. The number of nitrogens with one attached hydrogen (secondary N) is 1. The summed E-state index contributed by atoms with van der Waals surface area (Å²) in [7, 11) is 1.53. The van der Waals surface area contributed by atoms with Crippen molar-refractivity contribution in [2.24, 2.45) is 0 Å². The average molecular weight is 481 g/mol. The molecule has 2 aromatic carbocycles. The lowest BCUT2D eigenvalue weighted by molar-refractivity contribution is 0.0393. The second-order valence-corrected chi connectivity index (χ2v) is 8.67. The van der Waals surface area contributed by atoms with Crippen LogP contribution >= 0.6 is 22.9 Å². The highest BCUT2D eigenvalue weighted by Crippen LogP contribution is 2.29. The van der Waals surface area contributed by atoms with Crippen LogP contribution in [0.5, 0.6) is 0 Å². The van der Waals surface area contributed by atoms with Crippen LogP contribution in [0.15, 0.2) is 59.4 Å². The van der Waals surface area contributed by atoms with Crippen LogP contribution in [-0.2, 0) is 9.47 Å². The predicted molar refractivity (Wildman–Crippen MR) is 133 cm³/mol. The number of esters is 1.